The van der Waals surface area contributed by atoms with Crippen LogP contribution in [0.5, 0.6) is 0 Å². The zero-order valence-corrected chi connectivity index (χ0v) is 13.2. The first kappa shape index (κ1) is 13.8. The second-order valence-electron chi connectivity index (χ2n) is 5.97. The van der Waals surface area contributed by atoms with Crippen molar-refractivity contribution in [3.05, 3.63) is 108 Å². The highest BCUT2D eigenvalue weighted by Crippen LogP contribution is 2.36. The SMILES string of the molecule is Cn1cc(C(c2ccccc2)c2ccccc2)c2ccccc21. The smallest absolute Gasteiger partial charge is 0.0480 e. The summed E-state index contributed by atoms with van der Waals surface area (Å²) in [6, 6.07) is 30.2. The lowest BCUT2D eigenvalue weighted by Crippen LogP contribution is -2.02. The van der Waals surface area contributed by atoms with E-state index in [1.807, 2.05) is 0 Å². The van der Waals surface area contributed by atoms with Crippen molar-refractivity contribution < 1.29 is 0 Å². The highest BCUT2D eigenvalue weighted by Gasteiger charge is 2.20. The van der Waals surface area contributed by atoms with E-state index in [1.54, 1.807) is 0 Å². The fraction of sp³-hybridized carbons (Fsp3) is 0.0909. The van der Waals surface area contributed by atoms with Gasteiger partial charge in [0.2, 0.25) is 0 Å². The maximum Gasteiger partial charge on any atom is 0.0480 e. The summed E-state index contributed by atoms with van der Waals surface area (Å²) < 4.78 is 2.23. The Hall–Kier alpha value is -2.80. The molecule has 0 spiro atoms. The molecule has 0 aliphatic rings. The van der Waals surface area contributed by atoms with E-state index < -0.39 is 0 Å². The van der Waals surface area contributed by atoms with E-state index in [0.717, 1.165) is 0 Å². The van der Waals surface area contributed by atoms with Gasteiger partial charge in [-0.1, -0.05) is 78.9 Å². The maximum atomic E-state index is 2.27. The van der Waals surface area contributed by atoms with Gasteiger partial charge in [0.1, 0.15) is 0 Å². The molecule has 0 unspecified atom stereocenters. The van der Waals surface area contributed by atoms with Crippen LogP contribution in [0.25, 0.3) is 10.9 Å². The molecule has 0 atom stereocenters. The molecule has 0 aliphatic carbocycles. The van der Waals surface area contributed by atoms with Crippen LogP contribution in [0.2, 0.25) is 0 Å². The van der Waals surface area contributed by atoms with Crippen LogP contribution in [0.15, 0.2) is 91.1 Å². The maximum absolute atomic E-state index is 2.27. The van der Waals surface area contributed by atoms with Gasteiger partial charge < -0.3 is 4.57 Å². The van der Waals surface area contributed by atoms with E-state index in [2.05, 4.69) is 103 Å². The Labute approximate surface area is 136 Å². The van der Waals surface area contributed by atoms with E-state index in [0.29, 0.717) is 0 Å². The number of fused-ring (bicyclic) bond motifs is 1. The molecule has 0 saturated heterocycles. The summed E-state index contributed by atoms with van der Waals surface area (Å²) in [6.45, 7) is 0. The summed E-state index contributed by atoms with van der Waals surface area (Å²) in [5, 5.41) is 1.33. The number of hydrogen-bond acceptors (Lipinski definition) is 0. The third kappa shape index (κ3) is 2.44. The average molecular weight is 297 g/mol. The van der Waals surface area contributed by atoms with Gasteiger partial charge in [0.25, 0.3) is 0 Å². The van der Waals surface area contributed by atoms with Crippen molar-refractivity contribution in [3.63, 3.8) is 0 Å². The Bertz CT molecular complexity index is 881. The highest BCUT2D eigenvalue weighted by molar-refractivity contribution is 5.85. The summed E-state index contributed by atoms with van der Waals surface area (Å²) in [5.41, 5.74) is 5.30. The van der Waals surface area contributed by atoms with Crippen LogP contribution in [-0.2, 0) is 7.05 Å². The average Bonchev–Trinajstić information content (AvgIpc) is 2.94. The first-order valence-electron chi connectivity index (χ1n) is 7.98. The minimum atomic E-state index is 0.253. The van der Waals surface area contributed by atoms with Crippen molar-refractivity contribution in [2.24, 2.45) is 7.05 Å². The van der Waals surface area contributed by atoms with Gasteiger partial charge in [0.05, 0.1) is 0 Å². The van der Waals surface area contributed by atoms with Crippen LogP contribution in [0.1, 0.15) is 22.6 Å². The van der Waals surface area contributed by atoms with Gasteiger partial charge in [-0.25, -0.2) is 0 Å². The molecule has 1 aromatic heterocycles. The zero-order chi connectivity index (χ0) is 15.6. The van der Waals surface area contributed by atoms with E-state index in [9.17, 15) is 0 Å². The minimum Gasteiger partial charge on any atom is -0.350 e. The lowest BCUT2D eigenvalue weighted by atomic mass is 9.85. The van der Waals surface area contributed by atoms with Gasteiger partial charge in [0.15, 0.2) is 0 Å². The molecule has 1 heteroatoms. The molecule has 0 amide bonds. The summed E-state index contributed by atoms with van der Waals surface area (Å²) >= 11 is 0. The number of para-hydroxylation sites is 1. The van der Waals surface area contributed by atoms with Crippen LogP contribution in [0.4, 0.5) is 0 Å². The molecule has 0 aliphatic heterocycles. The molecule has 0 saturated carbocycles. The van der Waals surface area contributed by atoms with Crippen LogP contribution < -0.4 is 0 Å². The van der Waals surface area contributed by atoms with Crippen LogP contribution in [-0.4, -0.2) is 4.57 Å². The second kappa shape index (κ2) is 5.77. The summed E-state index contributed by atoms with van der Waals surface area (Å²) in [6.07, 6.45) is 2.27. The first-order chi connectivity index (χ1) is 11.3. The van der Waals surface area contributed by atoms with Gasteiger partial charge in [-0.3, -0.25) is 0 Å². The van der Waals surface area contributed by atoms with E-state index in [1.165, 1.54) is 27.6 Å². The molecule has 3 aromatic carbocycles. The monoisotopic (exact) mass is 297 g/mol. The summed E-state index contributed by atoms with van der Waals surface area (Å²) in [5.74, 6) is 0.253. The van der Waals surface area contributed by atoms with Crippen molar-refractivity contribution in [1.29, 1.82) is 0 Å². The number of nitrogens with zero attached hydrogens (tertiary/aromatic N) is 1. The first-order valence-corrected chi connectivity index (χ1v) is 7.98. The van der Waals surface area contributed by atoms with Gasteiger partial charge in [-0.2, -0.15) is 0 Å². The molecule has 0 radical (unpaired) electrons. The Morgan fingerprint density at radius 1 is 0.652 bits per heavy atom. The lowest BCUT2D eigenvalue weighted by molar-refractivity contribution is 0.927. The molecule has 1 heterocycles. The Balaban J connectivity index is 1.98. The Morgan fingerprint density at radius 2 is 1.17 bits per heavy atom. The minimum absolute atomic E-state index is 0.253. The van der Waals surface area contributed by atoms with Crippen molar-refractivity contribution in [1.82, 2.24) is 4.57 Å². The fourth-order valence-electron chi connectivity index (χ4n) is 3.45. The summed E-state index contributed by atoms with van der Waals surface area (Å²) in [7, 11) is 2.12. The van der Waals surface area contributed by atoms with Gasteiger partial charge >= 0.3 is 0 Å². The third-order valence-corrected chi connectivity index (χ3v) is 4.50. The van der Waals surface area contributed by atoms with Crippen molar-refractivity contribution in [2.75, 3.05) is 0 Å². The summed E-state index contributed by atoms with van der Waals surface area (Å²) in [4.78, 5) is 0. The molecule has 1 nitrogen and oxygen atoms in total. The molecule has 4 rings (SSSR count). The topological polar surface area (TPSA) is 4.93 Å². The van der Waals surface area contributed by atoms with Gasteiger partial charge in [0, 0.05) is 30.1 Å². The Kier molecular flexibility index (Phi) is 3.47. The Morgan fingerprint density at radius 3 is 1.78 bits per heavy atom. The largest absolute Gasteiger partial charge is 0.350 e. The van der Waals surface area contributed by atoms with Crippen LogP contribution in [0, 0.1) is 0 Å². The van der Waals surface area contributed by atoms with Gasteiger partial charge in [-0.15, -0.1) is 0 Å². The van der Waals surface area contributed by atoms with Gasteiger partial charge in [-0.05, 0) is 22.8 Å². The number of rotatable bonds is 3. The molecule has 112 valence electrons. The predicted octanol–water partition coefficient (Wildman–Crippen LogP) is 5.36. The number of benzene rings is 3. The quantitative estimate of drug-likeness (QED) is 0.480. The predicted molar refractivity (Wildman–Crippen MR) is 96.7 cm³/mol. The van der Waals surface area contributed by atoms with Crippen LogP contribution in [0.3, 0.4) is 0 Å². The molecule has 0 fully saturated rings. The van der Waals surface area contributed by atoms with Crippen molar-refractivity contribution in [3.8, 4) is 0 Å². The standard InChI is InChI=1S/C22H19N/c1-23-16-20(19-14-8-9-15-21(19)23)22(17-10-4-2-5-11-17)18-12-6-3-7-13-18/h2-16,22H,1H3. The molecular formula is C22H19N. The lowest BCUT2D eigenvalue weighted by Gasteiger charge is -2.18. The highest BCUT2D eigenvalue weighted by atomic mass is 14.9. The molecule has 23 heavy (non-hydrogen) atoms. The number of hydrogen-bond donors (Lipinski definition) is 0. The zero-order valence-electron chi connectivity index (χ0n) is 13.2. The fourth-order valence-corrected chi connectivity index (χ4v) is 3.45. The van der Waals surface area contributed by atoms with E-state index >= 15 is 0 Å². The van der Waals surface area contributed by atoms with Crippen LogP contribution >= 0.6 is 0 Å². The molecular weight excluding hydrogens is 278 g/mol. The number of aryl methyl sites for hydroxylation is 1. The molecule has 0 N–H and O–H groups in total. The third-order valence-electron chi connectivity index (χ3n) is 4.50. The normalized spacial score (nSPS) is 11.2. The van der Waals surface area contributed by atoms with Crippen molar-refractivity contribution in [2.45, 2.75) is 5.92 Å². The van der Waals surface area contributed by atoms with Crippen molar-refractivity contribution >= 4 is 10.9 Å². The van der Waals surface area contributed by atoms with E-state index in [4.69, 9.17) is 0 Å². The molecule has 4 aromatic rings. The second-order valence-corrected chi connectivity index (χ2v) is 5.97. The van der Waals surface area contributed by atoms with E-state index in [-0.39, 0.29) is 5.92 Å². The number of aromatic nitrogens is 1. The molecule has 0 bridgehead atoms.